The molecule has 3 saturated carbocycles. The molecule has 1 aromatic heterocycles. The van der Waals surface area contributed by atoms with Gasteiger partial charge in [0, 0.05) is 18.4 Å². The first-order valence-electron chi connectivity index (χ1n) is 21.4. The summed E-state index contributed by atoms with van der Waals surface area (Å²) in [6.45, 7) is 8.28. The van der Waals surface area contributed by atoms with Gasteiger partial charge in [-0.25, -0.2) is 32.0 Å². The summed E-state index contributed by atoms with van der Waals surface area (Å²) in [6, 6.07) is 1.60. The predicted octanol–water partition coefficient (Wildman–Crippen LogP) is 5.59. The quantitative estimate of drug-likeness (QED) is 0.280. The molecule has 20 heteroatoms. The fraction of sp³-hybridized carbons (Fsp3) is 0.714. The summed E-state index contributed by atoms with van der Waals surface area (Å²) in [5.41, 5.74) is -3.82. The number of nitrogens with one attached hydrogen (secondary N) is 3. The van der Waals surface area contributed by atoms with Crippen LogP contribution in [0.3, 0.4) is 0 Å². The number of aromatic nitrogens is 2. The molecule has 3 heterocycles. The molecule has 3 aliphatic carbocycles. The smallest absolute Gasteiger partial charge is 0.408 e. The number of fused-ring (bicyclic) bond motifs is 5. The van der Waals surface area contributed by atoms with Crippen molar-refractivity contribution in [3.8, 4) is 11.6 Å². The maximum absolute atomic E-state index is 16.5. The Morgan fingerprint density at radius 3 is 2.40 bits per heavy atom. The standard InChI is InChI=1S/C42H56F4N6O9S/c1-7-25-30-20-52(31(25)35(53)50-41(19-26(41)34(43)44)38(55)51-62(57,58)24-12-13-24)37(54)33(40(3,4)5)49-39(56)61-29-17-21(2)16-22(29)10-8-9-15-42(45,46)32-36(60-30)48-28-18-23(59-6)11-14-27(28)47-32/h11,14,18,21-22,24-26,29-31,33-34H,7-10,12-13,15-17,19-20H2,1-6H3,(H,49,56)(H,50,53)(H,51,55)/t21-,22-,25-,26+,29-,30+,31+,33-,41-/m1/s1. The second-order valence-corrected chi connectivity index (χ2v) is 20.8. The third kappa shape index (κ3) is 9.12. The number of nitrogens with zero attached hydrogens (tertiary/aromatic N) is 3. The van der Waals surface area contributed by atoms with Crippen LogP contribution >= 0.6 is 0 Å². The highest BCUT2D eigenvalue weighted by atomic mass is 32.2. The molecule has 0 unspecified atom stereocenters. The number of halogens is 4. The number of alkyl carbamates (subject to hydrolysis) is 1. The zero-order valence-corrected chi connectivity index (χ0v) is 36.5. The predicted molar refractivity (Wildman–Crippen MR) is 216 cm³/mol. The second-order valence-electron chi connectivity index (χ2n) is 18.9. The highest BCUT2D eigenvalue weighted by molar-refractivity contribution is 7.91. The molecular weight excluding hydrogens is 841 g/mol. The third-order valence-electron chi connectivity index (χ3n) is 13.2. The van der Waals surface area contributed by atoms with Gasteiger partial charge in [0.05, 0.1) is 35.9 Å². The Hall–Kier alpha value is -4.49. The normalized spacial score (nSPS) is 31.8. The molecule has 1 aromatic carbocycles. The third-order valence-corrected chi connectivity index (χ3v) is 15.0. The highest BCUT2D eigenvalue weighted by Crippen LogP contribution is 2.49. The lowest BCUT2D eigenvalue weighted by Crippen LogP contribution is -2.61. The zero-order chi connectivity index (χ0) is 45.1. The number of rotatable bonds is 8. The molecule has 7 rings (SSSR count). The lowest BCUT2D eigenvalue weighted by molar-refractivity contribution is -0.144. The topological polar surface area (TPSA) is 195 Å². The van der Waals surface area contributed by atoms with E-state index in [4.69, 9.17) is 14.2 Å². The van der Waals surface area contributed by atoms with Crippen LogP contribution in [0.2, 0.25) is 0 Å². The van der Waals surface area contributed by atoms with E-state index in [0.29, 0.717) is 31.4 Å². The van der Waals surface area contributed by atoms with Crippen molar-refractivity contribution in [3.63, 3.8) is 0 Å². The molecule has 2 bridgehead atoms. The van der Waals surface area contributed by atoms with E-state index in [1.165, 1.54) is 19.2 Å². The van der Waals surface area contributed by atoms with Gasteiger partial charge in [-0.15, -0.1) is 0 Å². The number of benzene rings is 1. The minimum Gasteiger partial charge on any atom is -0.497 e. The SMILES string of the molecule is CC[C@@H]1[C@@H]2CN(C(=O)[C@H](C(C)(C)C)NC(=O)O[C@@H]3C[C@H](C)C[C@H]3CCCCC(F)(F)c3nc4ccc(OC)cc4nc3O2)[C@@H]1C(=O)N[C@]1(C(=O)NS(=O)(=O)C2CC2)C[C@H]1C(F)F. The molecule has 62 heavy (non-hydrogen) atoms. The van der Waals surface area contributed by atoms with E-state index in [-0.39, 0.29) is 48.6 Å². The van der Waals surface area contributed by atoms with E-state index in [9.17, 15) is 36.4 Å². The van der Waals surface area contributed by atoms with Crippen LogP contribution in [0, 0.1) is 29.1 Å². The van der Waals surface area contributed by atoms with Crippen LogP contribution in [0.15, 0.2) is 18.2 Å². The van der Waals surface area contributed by atoms with Crippen LogP contribution < -0.4 is 24.8 Å². The van der Waals surface area contributed by atoms with Gasteiger partial charge in [-0.1, -0.05) is 41.0 Å². The number of ether oxygens (including phenoxy) is 3. The average molecular weight is 897 g/mol. The van der Waals surface area contributed by atoms with Crippen molar-refractivity contribution in [1.82, 2.24) is 30.2 Å². The largest absolute Gasteiger partial charge is 0.497 e. The second kappa shape index (κ2) is 16.9. The summed E-state index contributed by atoms with van der Waals surface area (Å²) in [7, 11) is -2.80. The van der Waals surface area contributed by atoms with Crippen molar-refractivity contribution in [1.29, 1.82) is 0 Å². The number of methoxy groups -OCH3 is 1. The Bertz CT molecular complexity index is 2190. The number of sulfonamides is 1. The van der Waals surface area contributed by atoms with Crippen LogP contribution in [0.25, 0.3) is 11.0 Å². The Labute approximate surface area is 358 Å². The molecule has 9 atom stereocenters. The fourth-order valence-electron chi connectivity index (χ4n) is 9.47. The lowest BCUT2D eigenvalue weighted by Gasteiger charge is -2.36. The first-order valence-corrected chi connectivity index (χ1v) is 23.0. The molecule has 2 aromatic rings. The van der Waals surface area contributed by atoms with Crippen molar-refractivity contribution in [2.75, 3.05) is 13.7 Å². The minimum absolute atomic E-state index is 0.0531. The molecule has 342 valence electrons. The molecule has 4 fully saturated rings. The van der Waals surface area contributed by atoms with Crippen LogP contribution in [0.4, 0.5) is 22.4 Å². The number of carbonyl (C=O) groups excluding carboxylic acids is 4. The number of alkyl halides is 4. The summed E-state index contributed by atoms with van der Waals surface area (Å²) >= 11 is 0. The van der Waals surface area contributed by atoms with Crippen LogP contribution in [0.1, 0.15) is 105 Å². The molecule has 0 spiro atoms. The molecule has 3 N–H and O–H groups in total. The van der Waals surface area contributed by atoms with Crippen molar-refractivity contribution >= 4 is 44.9 Å². The van der Waals surface area contributed by atoms with Gasteiger partial charge in [-0.2, -0.15) is 8.78 Å². The van der Waals surface area contributed by atoms with Gasteiger partial charge in [0.25, 0.3) is 11.8 Å². The minimum atomic E-state index is -4.22. The first kappa shape index (κ1) is 45.5. The Balaban J connectivity index is 1.31. The van der Waals surface area contributed by atoms with Crippen molar-refractivity contribution in [2.24, 2.45) is 29.1 Å². The van der Waals surface area contributed by atoms with Crippen LogP contribution in [-0.2, 0) is 35.1 Å². The van der Waals surface area contributed by atoms with Crippen molar-refractivity contribution < 1.29 is 59.4 Å². The molecule has 5 aliphatic rings. The molecule has 15 nitrogen and oxygen atoms in total. The summed E-state index contributed by atoms with van der Waals surface area (Å²) in [5, 5.41) is 4.26. The molecular formula is C42H56F4N6O9S. The zero-order valence-electron chi connectivity index (χ0n) is 35.7. The number of carbonyl (C=O) groups is 4. The Kier molecular flexibility index (Phi) is 12.4. The molecule has 1 saturated heterocycles. The summed E-state index contributed by atoms with van der Waals surface area (Å²) in [5.74, 6) is -9.70. The molecule has 0 radical (unpaired) electrons. The maximum atomic E-state index is 16.5. The van der Waals surface area contributed by atoms with Gasteiger partial charge < -0.3 is 29.7 Å². The van der Waals surface area contributed by atoms with Gasteiger partial charge in [0.2, 0.25) is 34.1 Å². The number of hydrogen-bond donors (Lipinski definition) is 3. The van der Waals surface area contributed by atoms with E-state index in [2.05, 4.69) is 20.6 Å². The van der Waals surface area contributed by atoms with E-state index in [0.717, 1.165) is 4.90 Å². The average Bonchev–Trinajstić information content (AvgIpc) is 4.11. The summed E-state index contributed by atoms with van der Waals surface area (Å²) in [4.78, 5) is 66.9. The first-order chi connectivity index (χ1) is 29.1. The highest BCUT2D eigenvalue weighted by Gasteiger charge is 2.67. The number of amides is 4. The Morgan fingerprint density at radius 2 is 1.77 bits per heavy atom. The lowest BCUT2D eigenvalue weighted by atomic mass is 9.85. The van der Waals surface area contributed by atoms with Crippen molar-refractivity contribution in [3.05, 3.63) is 23.9 Å². The summed E-state index contributed by atoms with van der Waals surface area (Å²) < 4.78 is 107. The van der Waals surface area contributed by atoms with Gasteiger partial charge in [-0.05, 0) is 80.8 Å². The van der Waals surface area contributed by atoms with E-state index in [1.807, 2.05) is 11.6 Å². The van der Waals surface area contributed by atoms with E-state index < -0.39 is 129 Å². The Morgan fingerprint density at radius 1 is 1.05 bits per heavy atom. The van der Waals surface area contributed by atoms with Crippen molar-refractivity contribution in [2.45, 2.75) is 146 Å². The van der Waals surface area contributed by atoms with Gasteiger partial charge in [0.1, 0.15) is 35.6 Å². The van der Waals surface area contributed by atoms with Gasteiger partial charge in [0.15, 0.2) is 5.69 Å². The monoisotopic (exact) mass is 896 g/mol. The number of hydrogen-bond acceptors (Lipinski definition) is 11. The fourth-order valence-corrected chi connectivity index (χ4v) is 10.8. The van der Waals surface area contributed by atoms with E-state index >= 15 is 8.78 Å². The molecule has 2 aliphatic heterocycles. The van der Waals surface area contributed by atoms with Gasteiger partial charge in [-0.3, -0.25) is 19.1 Å². The van der Waals surface area contributed by atoms with Crippen LogP contribution in [0.5, 0.6) is 11.6 Å². The van der Waals surface area contributed by atoms with Crippen LogP contribution in [-0.4, -0.2) is 102 Å². The molecule has 4 amide bonds. The van der Waals surface area contributed by atoms with Gasteiger partial charge >= 0.3 is 6.09 Å². The van der Waals surface area contributed by atoms with E-state index in [1.54, 1.807) is 33.8 Å². The summed E-state index contributed by atoms with van der Waals surface area (Å²) in [6.07, 6.45) is -4.17. The maximum Gasteiger partial charge on any atom is 0.408 e.